The predicted octanol–water partition coefficient (Wildman–Crippen LogP) is 4.32. The first-order chi connectivity index (χ1) is 14.6. The molecular weight excluding hydrogens is 396 g/mol. The van der Waals surface area contributed by atoms with Crippen LogP contribution in [-0.2, 0) is 22.4 Å². The fourth-order valence-corrected chi connectivity index (χ4v) is 3.72. The Morgan fingerprint density at radius 2 is 1.60 bits per heavy atom. The lowest BCUT2D eigenvalue weighted by Gasteiger charge is -2.34. The Balaban J connectivity index is 1.34. The molecule has 4 nitrogen and oxygen atoms in total. The molecule has 0 amide bonds. The van der Waals surface area contributed by atoms with E-state index in [-0.39, 0.29) is 5.97 Å². The number of halogens is 1. The van der Waals surface area contributed by atoms with Crippen LogP contribution in [0.4, 0.5) is 0 Å². The van der Waals surface area contributed by atoms with E-state index in [1.165, 1.54) is 11.1 Å². The summed E-state index contributed by atoms with van der Waals surface area (Å²) in [4.78, 5) is 16.6. The predicted molar refractivity (Wildman–Crippen MR) is 124 cm³/mol. The molecule has 0 bridgehead atoms. The molecule has 3 rings (SSSR count). The molecule has 0 saturated carbocycles. The maximum absolute atomic E-state index is 11.6. The highest BCUT2D eigenvalue weighted by molar-refractivity contribution is 6.30. The van der Waals surface area contributed by atoms with Crippen molar-refractivity contribution >= 4 is 23.6 Å². The third-order valence-electron chi connectivity index (χ3n) is 5.40. The summed E-state index contributed by atoms with van der Waals surface area (Å²) in [7, 11) is 0. The number of carbonyl (C=O) groups excluding carboxylic acids is 1. The van der Waals surface area contributed by atoms with Crippen LogP contribution in [0.1, 0.15) is 23.6 Å². The molecule has 0 unspecified atom stereocenters. The topological polar surface area (TPSA) is 32.8 Å². The van der Waals surface area contributed by atoms with Crippen molar-refractivity contribution in [3.63, 3.8) is 0 Å². The summed E-state index contributed by atoms with van der Waals surface area (Å²) in [5.74, 6) is -0.161. The van der Waals surface area contributed by atoms with Gasteiger partial charge in [-0.1, -0.05) is 60.2 Å². The number of benzene rings is 2. The lowest BCUT2D eigenvalue weighted by atomic mass is 10.1. The first-order valence-electron chi connectivity index (χ1n) is 10.7. The zero-order valence-electron chi connectivity index (χ0n) is 17.7. The second kappa shape index (κ2) is 11.9. The van der Waals surface area contributed by atoms with Crippen LogP contribution in [0.2, 0.25) is 5.02 Å². The highest BCUT2D eigenvalue weighted by atomic mass is 35.5. The van der Waals surface area contributed by atoms with Gasteiger partial charge in [0.2, 0.25) is 0 Å². The minimum atomic E-state index is -0.161. The molecule has 1 heterocycles. The van der Waals surface area contributed by atoms with Gasteiger partial charge < -0.3 is 9.64 Å². The summed E-state index contributed by atoms with van der Waals surface area (Å²) >= 11 is 5.93. The monoisotopic (exact) mass is 426 g/mol. The van der Waals surface area contributed by atoms with Gasteiger partial charge in [0.05, 0.1) is 13.0 Å². The van der Waals surface area contributed by atoms with E-state index in [4.69, 9.17) is 16.3 Å². The minimum absolute atomic E-state index is 0.161. The molecule has 0 aliphatic carbocycles. The number of nitrogens with zero attached hydrogens (tertiary/aromatic N) is 2. The summed E-state index contributed by atoms with van der Waals surface area (Å²) in [5, 5.41) is 0.774. The summed E-state index contributed by atoms with van der Waals surface area (Å²) in [5.41, 5.74) is 3.51. The van der Waals surface area contributed by atoms with Gasteiger partial charge in [-0.15, -0.1) is 0 Å². The molecular formula is C25H31ClN2O2. The van der Waals surface area contributed by atoms with E-state index < -0.39 is 0 Å². The lowest BCUT2D eigenvalue weighted by Crippen LogP contribution is -2.46. The number of rotatable bonds is 9. The largest absolute Gasteiger partial charge is 0.466 e. The van der Waals surface area contributed by atoms with Crippen molar-refractivity contribution in [2.45, 2.75) is 19.8 Å². The first kappa shape index (κ1) is 22.5. The van der Waals surface area contributed by atoms with Crippen LogP contribution in [0.15, 0.2) is 54.6 Å². The Hall–Kier alpha value is -2.14. The van der Waals surface area contributed by atoms with E-state index in [0.29, 0.717) is 13.0 Å². The smallest absolute Gasteiger partial charge is 0.310 e. The molecule has 5 heteroatoms. The van der Waals surface area contributed by atoms with Gasteiger partial charge in [-0.2, -0.15) is 0 Å². The SMILES string of the molecule is CCOC(=O)Cc1ccc(CCN2CCN(C/C=C/c3ccc(Cl)cc3)CC2)cc1. The standard InChI is InChI=1S/C25H31ClN2O2/c1-2-30-25(29)20-23-7-5-22(6-8-23)13-15-28-18-16-27(17-19-28)14-3-4-21-9-11-24(26)12-10-21/h3-12H,2,13-20H2,1H3/b4-3+. The van der Waals surface area contributed by atoms with Crippen molar-refractivity contribution in [2.24, 2.45) is 0 Å². The molecule has 0 N–H and O–H groups in total. The second-order valence-electron chi connectivity index (χ2n) is 7.64. The average Bonchev–Trinajstić information content (AvgIpc) is 2.76. The van der Waals surface area contributed by atoms with Gasteiger partial charge in [0, 0.05) is 44.3 Å². The van der Waals surface area contributed by atoms with Crippen LogP contribution < -0.4 is 0 Å². The Bertz CT molecular complexity index is 810. The maximum Gasteiger partial charge on any atom is 0.310 e. The van der Waals surface area contributed by atoms with Gasteiger partial charge in [0.25, 0.3) is 0 Å². The molecule has 2 aromatic rings. The zero-order valence-corrected chi connectivity index (χ0v) is 18.5. The van der Waals surface area contributed by atoms with Crippen molar-refractivity contribution < 1.29 is 9.53 Å². The highest BCUT2D eigenvalue weighted by Crippen LogP contribution is 2.12. The van der Waals surface area contributed by atoms with Crippen LogP contribution in [0.3, 0.4) is 0 Å². The average molecular weight is 427 g/mol. The van der Waals surface area contributed by atoms with Crippen LogP contribution in [-0.4, -0.2) is 61.6 Å². The lowest BCUT2D eigenvalue weighted by molar-refractivity contribution is -0.142. The Labute approximate surface area is 185 Å². The van der Waals surface area contributed by atoms with Gasteiger partial charge in [0.15, 0.2) is 0 Å². The number of ether oxygens (including phenoxy) is 1. The molecule has 160 valence electrons. The van der Waals surface area contributed by atoms with Gasteiger partial charge in [-0.3, -0.25) is 9.69 Å². The van der Waals surface area contributed by atoms with E-state index in [2.05, 4.69) is 34.1 Å². The van der Waals surface area contributed by atoms with Crippen molar-refractivity contribution in [3.8, 4) is 0 Å². The molecule has 1 aliphatic heterocycles. The van der Waals surface area contributed by atoms with E-state index >= 15 is 0 Å². The van der Waals surface area contributed by atoms with E-state index in [1.807, 2.05) is 43.3 Å². The molecule has 0 spiro atoms. The molecule has 1 fully saturated rings. The van der Waals surface area contributed by atoms with Crippen molar-refractivity contribution in [3.05, 3.63) is 76.3 Å². The number of piperazine rings is 1. The van der Waals surface area contributed by atoms with Crippen LogP contribution in [0, 0.1) is 0 Å². The minimum Gasteiger partial charge on any atom is -0.466 e. The number of esters is 1. The van der Waals surface area contributed by atoms with E-state index in [1.54, 1.807) is 0 Å². The fraction of sp³-hybridized carbons (Fsp3) is 0.400. The van der Waals surface area contributed by atoms with Gasteiger partial charge in [-0.25, -0.2) is 0 Å². The molecule has 1 saturated heterocycles. The maximum atomic E-state index is 11.6. The number of hydrogen-bond donors (Lipinski definition) is 0. The van der Waals surface area contributed by atoms with Crippen LogP contribution in [0.5, 0.6) is 0 Å². The molecule has 0 radical (unpaired) electrons. The zero-order chi connectivity index (χ0) is 21.2. The molecule has 30 heavy (non-hydrogen) atoms. The first-order valence-corrected chi connectivity index (χ1v) is 11.1. The third-order valence-corrected chi connectivity index (χ3v) is 5.65. The quantitative estimate of drug-likeness (QED) is 0.559. The third kappa shape index (κ3) is 7.60. The second-order valence-corrected chi connectivity index (χ2v) is 8.08. The van der Waals surface area contributed by atoms with Crippen molar-refractivity contribution in [1.82, 2.24) is 9.80 Å². The van der Waals surface area contributed by atoms with Gasteiger partial charge in [0.1, 0.15) is 0 Å². The summed E-state index contributed by atoms with van der Waals surface area (Å²) in [6, 6.07) is 16.3. The van der Waals surface area contributed by atoms with Crippen molar-refractivity contribution in [2.75, 3.05) is 45.9 Å². The highest BCUT2D eigenvalue weighted by Gasteiger charge is 2.15. The van der Waals surface area contributed by atoms with Gasteiger partial charge in [-0.05, 0) is 42.2 Å². The number of hydrogen-bond acceptors (Lipinski definition) is 4. The summed E-state index contributed by atoms with van der Waals surface area (Å²) in [6.45, 7) is 8.74. The normalized spacial score (nSPS) is 15.5. The Morgan fingerprint density at radius 3 is 2.27 bits per heavy atom. The van der Waals surface area contributed by atoms with Gasteiger partial charge >= 0.3 is 5.97 Å². The fourth-order valence-electron chi connectivity index (χ4n) is 3.60. The Kier molecular flexibility index (Phi) is 8.94. The van der Waals surface area contributed by atoms with Crippen LogP contribution >= 0.6 is 11.6 Å². The summed E-state index contributed by atoms with van der Waals surface area (Å²) < 4.78 is 5.00. The molecule has 2 aromatic carbocycles. The molecule has 0 aromatic heterocycles. The van der Waals surface area contributed by atoms with E-state index in [0.717, 1.165) is 56.3 Å². The van der Waals surface area contributed by atoms with Crippen molar-refractivity contribution in [1.29, 1.82) is 0 Å². The molecule has 1 aliphatic rings. The van der Waals surface area contributed by atoms with Crippen LogP contribution in [0.25, 0.3) is 6.08 Å². The van der Waals surface area contributed by atoms with E-state index in [9.17, 15) is 4.79 Å². The molecule has 0 atom stereocenters. The number of carbonyl (C=O) groups is 1. The summed E-state index contributed by atoms with van der Waals surface area (Å²) in [6.07, 6.45) is 5.78. The Morgan fingerprint density at radius 1 is 0.967 bits per heavy atom.